The van der Waals surface area contributed by atoms with Crippen LogP contribution in [-0.4, -0.2) is 34.7 Å². The van der Waals surface area contributed by atoms with Crippen molar-refractivity contribution in [3.8, 4) is 0 Å². The maximum absolute atomic E-state index is 10.4. The molecule has 1 N–H and O–H groups in total. The number of hydrogen-bond acceptors (Lipinski definition) is 2. The van der Waals surface area contributed by atoms with Gasteiger partial charge < -0.3 is 5.11 Å². The fraction of sp³-hybridized carbons (Fsp3) is 1.00. The topological polar surface area (TPSA) is 23.5 Å². The monoisotopic (exact) mass is 269 g/mol. The fourth-order valence-corrected chi connectivity index (χ4v) is 3.55. The predicted octanol–water partition coefficient (Wildman–Crippen LogP) is 4.07. The van der Waals surface area contributed by atoms with Crippen molar-refractivity contribution in [1.82, 2.24) is 4.90 Å². The molecule has 0 heterocycles. The van der Waals surface area contributed by atoms with Crippen LogP contribution in [0.3, 0.4) is 0 Å². The Labute approximate surface area is 120 Å². The second kappa shape index (κ2) is 7.08. The molecule has 0 radical (unpaired) electrons. The van der Waals surface area contributed by atoms with E-state index in [1.165, 1.54) is 25.7 Å². The molecule has 3 unspecified atom stereocenters. The molecule has 0 bridgehead atoms. The summed E-state index contributed by atoms with van der Waals surface area (Å²) < 4.78 is 0. The van der Waals surface area contributed by atoms with Crippen molar-refractivity contribution >= 4 is 0 Å². The van der Waals surface area contributed by atoms with Crippen LogP contribution in [0.15, 0.2) is 0 Å². The SMILES string of the molecule is CCCN(C(C)C)C1CC(C(C)(C)CC)CCC1O. The zero-order valence-corrected chi connectivity index (χ0v) is 13.9. The van der Waals surface area contributed by atoms with Gasteiger partial charge in [0, 0.05) is 12.1 Å². The summed E-state index contributed by atoms with van der Waals surface area (Å²) >= 11 is 0. The van der Waals surface area contributed by atoms with Gasteiger partial charge in [0.25, 0.3) is 0 Å². The quantitative estimate of drug-likeness (QED) is 0.785. The maximum atomic E-state index is 10.4. The molecule has 1 aliphatic rings. The zero-order chi connectivity index (χ0) is 14.6. The number of aliphatic hydroxyl groups is 1. The lowest BCUT2D eigenvalue weighted by molar-refractivity contribution is -0.0318. The smallest absolute Gasteiger partial charge is 0.0695 e. The van der Waals surface area contributed by atoms with Gasteiger partial charge in [-0.15, -0.1) is 0 Å². The summed E-state index contributed by atoms with van der Waals surface area (Å²) in [6.45, 7) is 15.0. The van der Waals surface area contributed by atoms with Gasteiger partial charge in [-0.1, -0.05) is 34.1 Å². The van der Waals surface area contributed by atoms with E-state index in [0.29, 0.717) is 17.5 Å². The van der Waals surface area contributed by atoms with E-state index in [0.717, 1.165) is 18.9 Å². The third kappa shape index (κ3) is 4.19. The lowest BCUT2D eigenvalue weighted by atomic mass is 9.67. The van der Waals surface area contributed by atoms with Crippen molar-refractivity contribution in [3.63, 3.8) is 0 Å². The second-order valence-electron chi connectivity index (χ2n) is 7.32. The summed E-state index contributed by atoms with van der Waals surface area (Å²) in [6.07, 6.45) is 5.61. The Bertz CT molecular complexity index is 262. The second-order valence-corrected chi connectivity index (χ2v) is 7.32. The van der Waals surface area contributed by atoms with E-state index in [-0.39, 0.29) is 6.10 Å². The van der Waals surface area contributed by atoms with E-state index < -0.39 is 0 Å². The van der Waals surface area contributed by atoms with Gasteiger partial charge in [0.15, 0.2) is 0 Å². The van der Waals surface area contributed by atoms with Gasteiger partial charge in [0.2, 0.25) is 0 Å². The third-order valence-corrected chi connectivity index (χ3v) is 5.37. The van der Waals surface area contributed by atoms with E-state index in [2.05, 4.69) is 46.4 Å². The highest BCUT2D eigenvalue weighted by Gasteiger charge is 2.39. The standard InChI is InChI=1S/C17H35NO/c1-7-11-18(13(3)4)15-12-14(9-10-16(15)19)17(5,6)8-2/h13-16,19H,7-12H2,1-6H3. The van der Waals surface area contributed by atoms with E-state index in [1.54, 1.807) is 0 Å². The van der Waals surface area contributed by atoms with Gasteiger partial charge in [-0.05, 0) is 57.4 Å². The highest BCUT2D eigenvalue weighted by Crippen LogP contribution is 2.42. The zero-order valence-electron chi connectivity index (χ0n) is 13.9. The Kier molecular flexibility index (Phi) is 6.32. The Balaban J connectivity index is 2.79. The van der Waals surface area contributed by atoms with Crippen molar-refractivity contribution in [1.29, 1.82) is 0 Å². The largest absolute Gasteiger partial charge is 0.391 e. The Morgan fingerprint density at radius 2 is 1.84 bits per heavy atom. The first-order valence-corrected chi connectivity index (χ1v) is 8.27. The van der Waals surface area contributed by atoms with Gasteiger partial charge in [-0.25, -0.2) is 0 Å². The summed E-state index contributed by atoms with van der Waals surface area (Å²) in [5.41, 5.74) is 0.410. The number of rotatable bonds is 6. The third-order valence-electron chi connectivity index (χ3n) is 5.37. The van der Waals surface area contributed by atoms with Crippen molar-refractivity contribution in [3.05, 3.63) is 0 Å². The average Bonchev–Trinajstić information content (AvgIpc) is 2.36. The molecule has 2 heteroatoms. The number of hydrogen-bond donors (Lipinski definition) is 1. The Morgan fingerprint density at radius 3 is 2.32 bits per heavy atom. The lowest BCUT2D eigenvalue weighted by Gasteiger charge is -2.46. The summed E-state index contributed by atoms with van der Waals surface area (Å²) in [7, 11) is 0. The molecular formula is C17H35NO. The van der Waals surface area contributed by atoms with Crippen molar-refractivity contribution < 1.29 is 5.11 Å². The van der Waals surface area contributed by atoms with Crippen LogP contribution in [0.2, 0.25) is 0 Å². The lowest BCUT2D eigenvalue weighted by Crippen LogP contribution is -2.52. The fourth-order valence-electron chi connectivity index (χ4n) is 3.55. The Morgan fingerprint density at radius 1 is 1.21 bits per heavy atom. The van der Waals surface area contributed by atoms with Gasteiger partial charge in [-0.3, -0.25) is 4.90 Å². The molecule has 0 aromatic carbocycles. The molecule has 114 valence electrons. The number of aliphatic hydroxyl groups excluding tert-OH is 1. The molecule has 0 spiro atoms. The molecule has 0 saturated heterocycles. The minimum absolute atomic E-state index is 0.127. The van der Waals surface area contributed by atoms with Crippen LogP contribution in [-0.2, 0) is 0 Å². The van der Waals surface area contributed by atoms with Crippen LogP contribution in [0.5, 0.6) is 0 Å². The molecule has 1 aliphatic carbocycles. The minimum atomic E-state index is -0.127. The van der Waals surface area contributed by atoms with E-state index in [9.17, 15) is 5.11 Å². The predicted molar refractivity (Wildman–Crippen MR) is 83.3 cm³/mol. The summed E-state index contributed by atoms with van der Waals surface area (Å²) in [4.78, 5) is 2.53. The maximum Gasteiger partial charge on any atom is 0.0695 e. The molecule has 19 heavy (non-hydrogen) atoms. The van der Waals surface area contributed by atoms with Gasteiger partial charge in [0.05, 0.1) is 6.10 Å². The Hall–Kier alpha value is -0.0800. The van der Waals surface area contributed by atoms with Gasteiger partial charge >= 0.3 is 0 Å². The van der Waals surface area contributed by atoms with Gasteiger partial charge in [0.1, 0.15) is 0 Å². The van der Waals surface area contributed by atoms with Crippen LogP contribution >= 0.6 is 0 Å². The first-order valence-electron chi connectivity index (χ1n) is 8.27. The van der Waals surface area contributed by atoms with Crippen LogP contribution in [0.25, 0.3) is 0 Å². The van der Waals surface area contributed by atoms with Crippen molar-refractivity contribution in [2.75, 3.05) is 6.54 Å². The first-order chi connectivity index (χ1) is 8.83. The molecule has 2 nitrogen and oxygen atoms in total. The summed E-state index contributed by atoms with van der Waals surface area (Å²) in [5.74, 6) is 0.754. The van der Waals surface area contributed by atoms with E-state index in [4.69, 9.17) is 0 Å². The summed E-state index contributed by atoms with van der Waals surface area (Å²) in [5, 5.41) is 10.4. The van der Waals surface area contributed by atoms with Crippen molar-refractivity contribution in [2.24, 2.45) is 11.3 Å². The molecular weight excluding hydrogens is 234 g/mol. The normalized spacial score (nSPS) is 29.2. The van der Waals surface area contributed by atoms with Crippen LogP contribution in [0.1, 0.15) is 73.6 Å². The molecule has 3 atom stereocenters. The van der Waals surface area contributed by atoms with E-state index in [1.807, 2.05) is 0 Å². The van der Waals surface area contributed by atoms with Crippen molar-refractivity contribution in [2.45, 2.75) is 91.8 Å². The minimum Gasteiger partial charge on any atom is -0.391 e. The van der Waals surface area contributed by atoms with Crippen LogP contribution in [0.4, 0.5) is 0 Å². The first kappa shape index (κ1) is 17.0. The summed E-state index contributed by atoms with van der Waals surface area (Å²) in [6, 6.07) is 0.896. The van der Waals surface area contributed by atoms with E-state index >= 15 is 0 Å². The van der Waals surface area contributed by atoms with Gasteiger partial charge in [-0.2, -0.15) is 0 Å². The molecule has 0 aliphatic heterocycles. The molecule has 1 saturated carbocycles. The highest BCUT2D eigenvalue weighted by molar-refractivity contribution is 4.92. The van der Waals surface area contributed by atoms with Crippen LogP contribution in [0, 0.1) is 11.3 Å². The average molecular weight is 269 g/mol. The number of nitrogens with zero attached hydrogens (tertiary/aromatic N) is 1. The highest BCUT2D eigenvalue weighted by atomic mass is 16.3. The molecule has 1 rings (SSSR count). The molecule has 0 aromatic rings. The molecule has 0 amide bonds. The molecule has 0 aromatic heterocycles. The molecule has 1 fully saturated rings. The van der Waals surface area contributed by atoms with Crippen LogP contribution < -0.4 is 0 Å².